The summed E-state index contributed by atoms with van der Waals surface area (Å²) in [6, 6.07) is 13.2. The molecule has 0 spiro atoms. The van der Waals surface area contributed by atoms with E-state index in [1.807, 2.05) is 0 Å². The van der Waals surface area contributed by atoms with Crippen molar-refractivity contribution in [2.24, 2.45) is 5.73 Å². The molecule has 2 aromatic heterocycles. The van der Waals surface area contributed by atoms with Crippen molar-refractivity contribution in [3.8, 4) is 0 Å². The molecular formula is C21H21FN6O2. The Balaban J connectivity index is 1.91. The number of aromatic nitrogens is 2. The average Bonchev–Trinajstić information content (AvgIpc) is 2.73. The van der Waals surface area contributed by atoms with Crippen LogP contribution in [-0.2, 0) is 4.79 Å². The third kappa shape index (κ3) is 4.52. The number of primary amides is 1. The number of pyridine rings is 2. The first-order valence-electron chi connectivity index (χ1n) is 9.04. The van der Waals surface area contributed by atoms with Gasteiger partial charge in [-0.25, -0.2) is 9.97 Å². The lowest BCUT2D eigenvalue weighted by Crippen LogP contribution is -2.22. The third-order valence-electron chi connectivity index (χ3n) is 4.55. The Bertz CT molecular complexity index is 1090. The Morgan fingerprint density at radius 3 is 2.40 bits per heavy atom. The van der Waals surface area contributed by atoms with E-state index < -0.39 is 11.9 Å². The van der Waals surface area contributed by atoms with Crippen molar-refractivity contribution in [3.05, 3.63) is 66.2 Å². The number of nitrogens with one attached hydrogen (secondary N) is 1. The maximum absolute atomic E-state index is 13.5. The Morgan fingerprint density at radius 1 is 1.10 bits per heavy atom. The molecule has 9 heteroatoms. The summed E-state index contributed by atoms with van der Waals surface area (Å²) in [6.07, 6.45) is 1.35. The highest BCUT2D eigenvalue weighted by atomic mass is 19.1. The predicted molar refractivity (Wildman–Crippen MR) is 114 cm³/mol. The summed E-state index contributed by atoms with van der Waals surface area (Å²) < 4.78 is 13.5. The summed E-state index contributed by atoms with van der Waals surface area (Å²) in [5, 5.41) is 3.14. The van der Waals surface area contributed by atoms with Crippen LogP contribution in [0.3, 0.4) is 0 Å². The van der Waals surface area contributed by atoms with Crippen LogP contribution < -0.4 is 20.9 Å². The summed E-state index contributed by atoms with van der Waals surface area (Å²) in [5.74, 6) is -0.609. The van der Waals surface area contributed by atoms with Crippen LogP contribution in [0.15, 0.2) is 54.7 Å². The second-order valence-electron chi connectivity index (χ2n) is 6.58. The summed E-state index contributed by atoms with van der Waals surface area (Å²) in [7, 11) is 3.34. The van der Waals surface area contributed by atoms with Crippen LogP contribution in [0.2, 0.25) is 0 Å². The first kappa shape index (κ1) is 20.7. The molecule has 0 aliphatic heterocycles. The molecule has 2 amide bonds. The molecule has 1 aromatic carbocycles. The van der Waals surface area contributed by atoms with Crippen LogP contribution in [0.4, 0.5) is 33.1 Å². The Hall–Kier alpha value is -4.01. The van der Waals surface area contributed by atoms with Gasteiger partial charge in [0.2, 0.25) is 11.9 Å². The van der Waals surface area contributed by atoms with Gasteiger partial charge in [-0.05, 0) is 36.4 Å². The lowest BCUT2D eigenvalue weighted by Gasteiger charge is -2.21. The molecule has 3 aromatic rings. The lowest BCUT2D eigenvalue weighted by atomic mass is 10.2. The highest BCUT2D eigenvalue weighted by Crippen LogP contribution is 2.29. The van der Waals surface area contributed by atoms with Crippen LogP contribution >= 0.6 is 0 Å². The van der Waals surface area contributed by atoms with Gasteiger partial charge in [-0.3, -0.25) is 9.59 Å². The normalized spacial score (nSPS) is 10.4. The number of benzene rings is 1. The SMILES string of the molecule is CC(=O)N(C)c1ccc(Nc2cc(N(C)c3cccc(F)n3)c(C(N)=O)cn2)cc1. The number of carbonyl (C=O) groups is 2. The van der Waals surface area contributed by atoms with Gasteiger partial charge in [0, 0.05) is 44.7 Å². The first-order chi connectivity index (χ1) is 14.3. The fourth-order valence-electron chi connectivity index (χ4n) is 2.79. The molecular weight excluding hydrogens is 387 g/mol. The largest absolute Gasteiger partial charge is 0.365 e. The molecule has 8 nitrogen and oxygen atoms in total. The maximum Gasteiger partial charge on any atom is 0.252 e. The molecule has 0 saturated carbocycles. The zero-order valence-corrected chi connectivity index (χ0v) is 16.8. The molecule has 0 fully saturated rings. The molecule has 0 unspecified atom stereocenters. The standard InChI is InChI=1S/C21H21FN6O2/c1-13(29)27(2)15-9-7-14(8-10-15)25-19-11-17(16(12-24-19)21(23)30)28(3)20-6-4-5-18(22)26-20/h4-12H,1-3H3,(H2,23,30)(H,24,25). The minimum atomic E-state index is -0.663. The monoisotopic (exact) mass is 408 g/mol. The fraction of sp³-hybridized carbons (Fsp3) is 0.143. The van der Waals surface area contributed by atoms with E-state index in [0.717, 1.165) is 11.4 Å². The van der Waals surface area contributed by atoms with E-state index in [-0.39, 0.29) is 11.5 Å². The molecule has 0 aliphatic carbocycles. The van der Waals surface area contributed by atoms with Gasteiger partial charge in [0.15, 0.2) is 0 Å². The van der Waals surface area contributed by atoms with Crippen LogP contribution in [0.25, 0.3) is 0 Å². The van der Waals surface area contributed by atoms with Crippen molar-refractivity contribution < 1.29 is 14.0 Å². The molecule has 0 atom stereocenters. The lowest BCUT2D eigenvalue weighted by molar-refractivity contribution is -0.116. The van der Waals surface area contributed by atoms with Gasteiger partial charge < -0.3 is 20.9 Å². The second-order valence-corrected chi connectivity index (χ2v) is 6.58. The number of nitrogens with two attached hydrogens (primary N) is 1. The van der Waals surface area contributed by atoms with Crippen LogP contribution in [0.5, 0.6) is 0 Å². The number of anilines is 5. The van der Waals surface area contributed by atoms with Gasteiger partial charge in [-0.15, -0.1) is 0 Å². The Morgan fingerprint density at radius 2 is 1.80 bits per heavy atom. The Kier molecular flexibility index (Phi) is 5.91. The smallest absolute Gasteiger partial charge is 0.252 e. The van der Waals surface area contributed by atoms with Gasteiger partial charge in [0.1, 0.15) is 11.6 Å². The molecule has 0 saturated heterocycles. The molecule has 154 valence electrons. The number of hydrogen-bond donors (Lipinski definition) is 2. The van der Waals surface area contributed by atoms with Crippen molar-refractivity contribution >= 4 is 40.5 Å². The number of amides is 2. The number of nitrogens with zero attached hydrogens (tertiary/aromatic N) is 4. The highest BCUT2D eigenvalue weighted by Gasteiger charge is 2.17. The molecule has 0 aliphatic rings. The quantitative estimate of drug-likeness (QED) is 0.607. The number of halogens is 1. The predicted octanol–water partition coefficient (Wildman–Crippen LogP) is 3.21. The van der Waals surface area contributed by atoms with Gasteiger partial charge in [0.25, 0.3) is 5.91 Å². The van der Waals surface area contributed by atoms with Gasteiger partial charge in [0.05, 0.1) is 11.3 Å². The maximum atomic E-state index is 13.5. The minimum Gasteiger partial charge on any atom is -0.365 e. The van der Waals surface area contributed by atoms with Crippen molar-refractivity contribution in [1.29, 1.82) is 0 Å². The topological polar surface area (TPSA) is 104 Å². The van der Waals surface area contributed by atoms with Gasteiger partial charge in [-0.1, -0.05) is 6.07 Å². The van der Waals surface area contributed by atoms with Crippen molar-refractivity contribution in [1.82, 2.24) is 9.97 Å². The van der Waals surface area contributed by atoms with E-state index in [0.29, 0.717) is 17.3 Å². The van der Waals surface area contributed by atoms with E-state index in [1.54, 1.807) is 55.4 Å². The van der Waals surface area contributed by atoms with Gasteiger partial charge in [-0.2, -0.15) is 4.39 Å². The average molecular weight is 408 g/mol. The molecule has 0 bridgehead atoms. The van der Waals surface area contributed by atoms with E-state index in [2.05, 4.69) is 15.3 Å². The molecule has 30 heavy (non-hydrogen) atoms. The van der Waals surface area contributed by atoms with Crippen molar-refractivity contribution in [3.63, 3.8) is 0 Å². The van der Waals surface area contributed by atoms with Gasteiger partial charge >= 0.3 is 0 Å². The van der Waals surface area contributed by atoms with Crippen LogP contribution in [-0.4, -0.2) is 35.9 Å². The summed E-state index contributed by atoms with van der Waals surface area (Å²) in [4.78, 5) is 34.5. The second kappa shape index (κ2) is 8.56. The first-order valence-corrected chi connectivity index (χ1v) is 9.04. The zero-order chi connectivity index (χ0) is 21.8. The molecule has 3 N–H and O–H groups in total. The number of carbonyl (C=O) groups excluding carboxylic acids is 2. The van der Waals surface area contributed by atoms with E-state index in [9.17, 15) is 14.0 Å². The van der Waals surface area contributed by atoms with E-state index in [4.69, 9.17) is 5.73 Å². The number of rotatable bonds is 6. The fourth-order valence-corrected chi connectivity index (χ4v) is 2.79. The zero-order valence-electron chi connectivity index (χ0n) is 16.8. The van der Waals surface area contributed by atoms with Crippen molar-refractivity contribution in [2.75, 3.05) is 29.2 Å². The summed E-state index contributed by atoms with van der Waals surface area (Å²) >= 11 is 0. The van der Waals surface area contributed by atoms with E-state index in [1.165, 1.54) is 30.2 Å². The summed E-state index contributed by atoms with van der Waals surface area (Å²) in [6.45, 7) is 1.49. The summed E-state index contributed by atoms with van der Waals surface area (Å²) in [5.41, 5.74) is 7.56. The Labute approximate surface area is 173 Å². The highest BCUT2D eigenvalue weighted by molar-refractivity contribution is 5.99. The molecule has 3 rings (SSSR count). The third-order valence-corrected chi connectivity index (χ3v) is 4.55. The van der Waals surface area contributed by atoms with Crippen LogP contribution in [0, 0.1) is 5.95 Å². The van der Waals surface area contributed by atoms with E-state index >= 15 is 0 Å². The minimum absolute atomic E-state index is 0.0712. The van der Waals surface area contributed by atoms with Crippen LogP contribution in [0.1, 0.15) is 17.3 Å². The molecule has 2 heterocycles. The number of hydrogen-bond acceptors (Lipinski definition) is 6. The van der Waals surface area contributed by atoms with Crippen molar-refractivity contribution in [2.45, 2.75) is 6.92 Å². The molecule has 0 radical (unpaired) electrons.